The molecule has 0 aromatic heterocycles. The van der Waals surface area contributed by atoms with Crippen molar-refractivity contribution in [3.63, 3.8) is 0 Å². The number of benzene rings is 2. The molecule has 2 nitrogen and oxygen atoms in total. The topological polar surface area (TPSA) is 37.3 Å². The van der Waals surface area contributed by atoms with Crippen LogP contribution in [0.5, 0.6) is 0 Å². The minimum absolute atomic E-state index is 0.148. The van der Waals surface area contributed by atoms with Crippen LogP contribution in [-0.4, -0.2) is 11.1 Å². The van der Waals surface area contributed by atoms with Crippen molar-refractivity contribution in [3.05, 3.63) is 69.8 Å². The lowest BCUT2D eigenvalue weighted by molar-refractivity contribution is 0.0697. The summed E-state index contributed by atoms with van der Waals surface area (Å²) in [6.07, 6.45) is 6.46. The van der Waals surface area contributed by atoms with Crippen LogP contribution in [0.1, 0.15) is 86.1 Å². The Kier molecular flexibility index (Phi) is 5.27. The standard InChI is InChI=1S/C26H32O2/c1-7-8-20-15-22-23(26(5,6)17(2)25(22,3)4)16-21(20)14-11-18-9-12-19(13-10-18)24(27)28/h9-17H,7-8H2,1-6H3,(H,27,28)/b14-11+. The molecule has 148 valence electrons. The lowest BCUT2D eigenvalue weighted by atomic mass is 9.71. The summed E-state index contributed by atoms with van der Waals surface area (Å²) in [7, 11) is 0. The van der Waals surface area contributed by atoms with E-state index in [1.54, 1.807) is 12.1 Å². The molecule has 3 rings (SSSR count). The minimum atomic E-state index is -0.890. The van der Waals surface area contributed by atoms with Crippen molar-refractivity contribution in [2.24, 2.45) is 5.92 Å². The second-order valence-electron chi connectivity index (χ2n) is 9.27. The Bertz CT molecular complexity index is 914. The molecule has 2 aromatic rings. The average molecular weight is 377 g/mol. The van der Waals surface area contributed by atoms with E-state index in [0.717, 1.165) is 18.4 Å². The number of aryl methyl sites for hydroxylation is 1. The lowest BCUT2D eigenvalue weighted by Gasteiger charge is -2.32. The van der Waals surface area contributed by atoms with E-state index in [1.807, 2.05) is 12.1 Å². The molecule has 1 aliphatic rings. The number of hydrogen-bond acceptors (Lipinski definition) is 1. The fourth-order valence-electron chi connectivity index (χ4n) is 4.66. The van der Waals surface area contributed by atoms with Crippen molar-refractivity contribution >= 4 is 18.1 Å². The van der Waals surface area contributed by atoms with Crippen molar-refractivity contribution in [1.82, 2.24) is 0 Å². The van der Waals surface area contributed by atoms with Gasteiger partial charge in [-0.25, -0.2) is 4.79 Å². The molecule has 2 aromatic carbocycles. The summed E-state index contributed by atoms with van der Waals surface area (Å²) in [5, 5.41) is 9.06. The molecule has 0 aliphatic heterocycles. The van der Waals surface area contributed by atoms with Gasteiger partial charge in [-0.15, -0.1) is 0 Å². The third-order valence-corrected chi connectivity index (χ3v) is 6.97. The van der Waals surface area contributed by atoms with Gasteiger partial charge in [0.1, 0.15) is 0 Å². The summed E-state index contributed by atoms with van der Waals surface area (Å²) in [6.45, 7) is 14.1. The van der Waals surface area contributed by atoms with Crippen molar-refractivity contribution in [1.29, 1.82) is 0 Å². The normalized spacial score (nSPS) is 19.7. The summed E-state index contributed by atoms with van der Waals surface area (Å²) >= 11 is 0. The van der Waals surface area contributed by atoms with E-state index >= 15 is 0 Å². The Morgan fingerprint density at radius 3 is 2.11 bits per heavy atom. The van der Waals surface area contributed by atoms with Crippen LogP contribution in [0.3, 0.4) is 0 Å². The van der Waals surface area contributed by atoms with Gasteiger partial charge in [0.05, 0.1) is 5.56 Å². The van der Waals surface area contributed by atoms with Gasteiger partial charge in [-0.05, 0) is 63.1 Å². The fourth-order valence-corrected chi connectivity index (χ4v) is 4.66. The maximum Gasteiger partial charge on any atom is 0.335 e. The first kappa shape index (κ1) is 20.4. The first-order valence-corrected chi connectivity index (χ1v) is 10.3. The fraction of sp³-hybridized carbons (Fsp3) is 0.423. The summed E-state index contributed by atoms with van der Waals surface area (Å²) < 4.78 is 0. The van der Waals surface area contributed by atoms with Gasteiger partial charge in [0.15, 0.2) is 0 Å². The molecule has 1 unspecified atom stereocenters. The molecule has 28 heavy (non-hydrogen) atoms. The number of carboxylic acid groups (broad SMARTS) is 1. The van der Waals surface area contributed by atoms with Gasteiger partial charge in [0.25, 0.3) is 0 Å². The van der Waals surface area contributed by atoms with Crippen LogP contribution in [0.2, 0.25) is 0 Å². The highest BCUT2D eigenvalue weighted by atomic mass is 16.4. The molecule has 0 spiro atoms. The van der Waals surface area contributed by atoms with E-state index in [-0.39, 0.29) is 10.8 Å². The smallest absolute Gasteiger partial charge is 0.335 e. The van der Waals surface area contributed by atoms with E-state index in [2.05, 4.69) is 65.8 Å². The Morgan fingerprint density at radius 1 is 1.00 bits per heavy atom. The molecular formula is C26H32O2. The zero-order chi connectivity index (χ0) is 20.7. The Balaban J connectivity index is 2.04. The monoisotopic (exact) mass is 376 g/mol. The molecule has 0 radical (unpaired) electrons. The molecule has 2 heteroatoms. The second kappa shape index (κ2) is 7.24. The number of carbonyl (C=O) groups is 1. The second-order valence-corrected chi connectivity index (χ2v) is 9.27. The lowest BCUT2D eigenvalue weighted by Crippen LogP contribution is -2.30. The Labute approximate surface area is 169 Å². The largest absolute Gasteiger partial charge is 0.478 e. The van der Waals surface area contributed by atoms with Crippen LogP contribution < -0.4 is 0 Å². The van der Waals surface area contributed by atoms with E-state index < -0.39 is 5.97 Å². The van der Waals surface area contributed by atoms with Crippen LogP contribution >= 0.6 is 0 Å². The summed E-state index contributed by atoms with van der Waals surface area (Å²) in [5.74, 6) is -0.314. The third kappa shape index (κ3) is 3.41. The number of rotatable bonds is 5. The number of carboxylic acids is 1. The van der Waals surface area contributed by atoms with E-state index in [4.69, 9.17) is 5.11 Å². The predicted octanol–water partition coefficient (Wildman–Crippen LogP) is 6.71. The summed E-state index contributed by atoms with van der Waals surface area (Å²) in [6, 6.07) is 11.9. The zero-order valence-electron chi connectivity index (χ0n) is 18.0. The van der Waals surface area contributed by atoms with Gasteiger partial charge < -0.3 is 5.11 Å². The summed E-state index contributed by atoms with van der Waals surface area (Å²) in [4.78, 5) is 11.0. The maximum absolute atomic E-state index is 11.0. The van der Waals surface area contributed by atoms with Gasteiger partial charge in [0.2, 0.25) is 0 Å². The minimum Gasteiger partial charge on any atom is -0.478 e. The van der Waals surface area contributed by atoms with Gasteiger partial charge in [-0.1, -0.05) is 84.4 Å². The highest BCUT2D eigenvalue weighted by Gasteiger charge is 2.48. The molecule has 0 bridgehead atoms. The first-order chi connectivity index (χ1) is 13.1. The third-order valence-electron chi connectivity index (χ3n) is 6.97. The van der Waals surface area contributed by atoms with Crippen molar-refractivity contribution in [2.75, 3.05) is 0 Å². The summed E-state index contributed by atoms with van der Waals surface area (Å²) in [5.41, 5.74) is 7.30. The molecule has 1 atom stereocenters. The molecule has 1 N–H and O–H groups in total. The molecule has 0 saturated carbocycles. The predicted molar refractivity (Wildman–Crippen MR) is 118 cm³/mol. The Hall–Kier alpha value is -2.35. The molecule has 0 amide bonds. The highest BCUT2D eigenvalue weighted by molar-refractivity contribution is 5.88. The SMILES string of the molecule is CCCc1cc2c(cc1/C=C/c1ccc(C(=O)O)cc1)C(C)(C)C(C)C2(C)C. The van der Waals surface area contributed by atoms with Crippen LogP contribution in [0.15, 0.2) is 36.4 Å². The van der Waals surface area contributed by atoms with Crippen LogP contribution in [0.4, 0.5) is 0 Å². The van der Waals surface area contributed by atoms with Gasteiger partial charge in [-0.3, -0.25) is 0 Å². The molecule has 0 fully saturated rings. The van der Waals surface area contributed by atoms with Crippen LogP contribution in [-0.2, 0) is 17.3 Å². The van der Waals surface area contributed by atoms with E-state index in [1.165, 1.54) is 22.3 Å². The molecule has 0 heterocycles. The van der Waals surface area contributed by atoms with Crippen molar-refractivity contribution in [2.45, 2.75) is 65.2 Å². The van der Waals surface area contributed by atoms with Gasteiger partial charge in [-0.2, -0.15) is 0 Å². The maximum atomic E-state index is 11.0. The molecular weight excluding hydrogens is 344 g/mol. The average Bonchev–Trinajstić information content (AvgIpc) is 2.78. The van der Waals surface area contributed by atoms with Crippen LogP contribution in [0.25, 0.3) is 12.2 Å². The molecule has 1 aliphatic carbocycles. The first-order valence-electron chi connectivity index (χ1n) is 10.3. The van der Waals surface area contributed by atoms with Crippen molar-refractivity contribution in [3.8, 4) is 0 Å². The number of fused-ring (bicyclic) bond motifs is 1. The van der Waals surface area contributed by atoms with E-state index in [9.17, 15) is 4.79 Å². The van der Waals surface area contributed by atoms with Crippen molar-refractivity contribution < 1.29 is 9.90 Å². The van der Waals surface area contributed by atoms with Gasteiger partial charge in [0, 0.05) is 0 Å². The number of hydrogen-bond donors (Lipinski definition) is 1. The number of aromatic carboxylic acids is 1. The van der Waals surface area contributed by atoms with E-state index in [0.29, 0.717) is 11.5 Å². The molecule has 0 saturated heterocycles. The van der Waals surface area contributed by atoms with Gasteiger partial charge >= 0.3 is 5.97 Å². The van der Waals surface area contributed by atoms with Crippen LogP contribution in [0, 0.1) is 5.92 Å². The zero-order valence-corrected chi connectivity index (χ0v) is 18.0. The Morgan fingerprint density at radius 2 is 1.57 bits per heavy atom. The quantitative estimate of drug-likeness (QED) is 0.589. The highest BCUT2D eigenvalue weighted by Crippen LogP contribution is 2.54.